The fourth-order valence-electron chi connectivity index (χ4n) is 2.60. The van der Waals surface area contributed by atoms with Crippen molar-refractivity contribution >= 4 is 5.91 Å². The van der Waals surface area contributed by atoms with Gasteiger partial charge in [0, 0.05) is 24.7 Å². The zero-order valence-electron chi connectivity index (χ0n) is 11.9. The molecule has 20 heavy (non-hydrogen) atoms. The highest BCUT2D eigenvalue weighted by molar-refractivity contribution is 5.94. The molecule has 0 bridgehead atoms. The van der Waals surface area contributed by atoms with Gasteiger partial charge in [-0.05, 0) is 31.9 Å². The van der Waals surface area contributed by atoms with E-state index in [9.17, 15) is 4.79 Å². The maximum Gasteiger partial charge on any atom is 0.251 e. The molecule has 2 rings (SSSR count). The van der Waals surface area contributed by atoms with Crippen molar-refractivity contribution in [2.24, 2.45) is 5.92 Å². The van der Waals surface area contributed by atoms with E-state index in [4.69, 9.17) is 5.26 Å². The minimum atomic E-state index is -0.0462. The average molecular weight is 271 g/mol. The molecule has 1 aliphatic rings. The predicted molar refractivity (Wildman–Crippen MR) is 78.3 cm³/mol. The first kappa shape index (κ1) is 14.5. The van der Waals surface area contributed by atoms with Crippen LogP contribution in [0.15, 0.2) is 24.3 Å². The zero-order chi connectivity index (χ0) is 14.4. The first-order valence-corrected chi connectivity index (χ1v) is 7.18. The lowest BCUT2D eigenvalue weighted by molar-refractivity contribution is 0.0953. The molecule has 106 valence electrons. The Morgan fingerprint density at radius 2 is 2.05 bits per heavy atom. The van der Waals surface area contributed by atoms with E-state index in [-0.39, 0.29) is 17.9 Å². The van der Waals surface area contributed by atoms with Crippen molar-refractivity contribution in [1.82, 2.24) is 10.6 Å². The van der Waals surface area contributed by atoms with E-state index in [2.05, 4.69) is 16.7 Å². The van der Waals surface area contributed by atoms with Crippen molar-refractivity contribution in [1.29, 1.82) is 5.26 Å². The molecule has 4 nitrogen and oxygen atoms in total. The molecule has 1 aliphatic carbocycles. The molecular weight excluding hydrogens is 250 g/mol. The average Bonchev–Trinajstić information content (AvgIpc) is 2.91. The Morgan fingerprint density at radius 3 is 2.75 bits per heavy atom. The van der Waals surface area contributed by atoms with Crippen LogP contribution in [0.4, 0.5) is 0 Å². The van der Waals surface area contributed by atoms with Crippen molar-refractivity contribution < 1.29 is 4.79 Å². The summed E-state index contributed by atoms with van der Waals surface area (Å²) in [6, 6.07) is 10.2. The topological polar surface area (TPSA) is 64.9 Å². The lowest BCUT2D eigenvalue weighted by atomic mass is 10.1. The fraction of sp³-hybridized carbons (Fsp3) is 0.500. The molecule has 1 aromatic carbocycles. The number of nitrogens with zero attached hydrogens (tertiary/aromatic N) is 1. The molecular formula is C16H21N3O. The highest BCUT2D eigenvalue weighted by Gasteiger charge is 2.26. The zero-order valence-corrected chi connectivity index (χ0v) is 11.9. The highest BCUT2D eigenvalue weighted by Crippen LogP contribution is 2.24. The summed E-state index contributed by atoms with van der Waals surface area (Å²) in [6.07, 6.45) is 3.17. The van der Waals surface area contributed by atoms with E-state index in [1.165, 1.54) is 0 Å². The van der Waals surface area contributed by atoms with E-state index in [1.807, 2.05) is 31.2 Å². The second-order valence-corrected chi connectivity index (χ2v) is 5.35. The molecule has 0 aliphatic heterocycles. The van der Waals surface area contributed by atoms with Crippen molar-refractivity contribution in [3.8, 4) is 6.07 Å². The molecule has 0 spiro atoms. The van der Waals surface area contributed by atoms with E-state index in [0.29, 0.717) is 18.7 Å². The van der Waals surface area contributed by atoms with Crippen LogP contribution in [0.3, 0.4) is 0 Å². The smallest absolute Gasteiger partial charge is 0.251 e. The van der Waals surface area contributed by atoms with Crippen LogP contribution in [-0.2, 0) is 0 Å². The first-order valence-electron chi connectivity index (χ1n) is 7.18. The number of hydrogen-bond acceptors (Lipinski definition) is 3. The minimum Gasteiger partial charge on any atom is -0.351 e. The number of hydrogen-bond donors (Lipinski definition) is 2. The van der Waals surface area contributed by atoms with Gasteiger partial charge < -0.3 is 10.6 Å². The van der Waals surface area contributed by atoms with Gasteiger partial charge in [-0.1, -0.05) is 24.1 Å². The normalized spacial score (nSPS) is 21.4. The van der Waals surface area contributed by atoms with Crippen LogP contribution < -0.4 is 10.6 Å². The largest absolute Gasteiger partial charge is 0.351 e. The summed E-state index contributed by atoms with van der Waals surface area (Å²) in [7, 11) is 0. The Labute approximate surface area is 120 Å². The van der Waals surface area contributed by atoms with Crippen LogP contribution in [0.2, 0.25) is 0 Å². The van der Waals surface area contributed by atoms with Gasteiger partial charge >= 0.3 is 0 Å². The minimum absolute atomic E-state index is 0.0462. The number of rotatable bonds is 5. The fourth-order valence-corrected chi connectivity index (χ4v) is 2.60. The Morgan fingerprint density at radius 1 is 1.30 bits per heavy atom. The van der Waals surface area contributed by atoms with E-state index in [1.54, 1.807) is 0 Å². The summed E-state index contributed by atoms with van der Waals surface area (Å²) in [5, 5.41) is 15.2. The molecule has 2 unspecified atom stereocenters. The number of benzene rings is 1. The van der Waals surface area contributed by atoms with Crippen molar-refractivity contribution in [2.75, 3.05) is 13.1 Å². The molecule has 2 N–H and O–H groups in total. The van der Waals surface area contributed by atoms with E-state index >= 15 is 0 Å². The number of carbonyl (C=O) groups is 1. The van der Waals surface area contributed by atoms with E-state index in [0.717, 1.165) is 24.8 Å². The number of aryl methyl sites for hydroxylation is 1. The standard InChI is InChI=1S/C16H21N3O/c1-12-5-7-13(8-6-12)16(20)19-10-9-18-15-4-2-3-14(15)11-17/h5-8,14-15,18H,2-4,9-10H2,1H3,(H,19,20). The number of carbonyl (C=O) groups excluding carboxylic acids is 1. The molecule has 1 amide bonds. The monoisotopic (exact) mass is 271 g/mol. The number of nitrogens with one attached hydrogen (secondary N) is 2. The Balaban J connectivity index is 1.69. The lowest BCUT2D eigenvalue weighted by Crippen LogP contribution is -2.38. The van der Waals surface area contributed by atoms with Gasteiger partial charge in [0.15, 0.2) is 0 Å². The Hall–Kier alpha value is -1.86. The summed E-state index contributed by atoms with van der Waals surface area (Å²) >= 11 is 0. The second-order valence-electron chi connectivity index (χ2n) is 5.35. The van der Waals surface area contributed by atoms with Crippen LogP contribution in [0, 0.1) is 24.2 Å². The molecule has 1 aromatic rings. The lowest BCUT2D eigenvalue weighted by Gasteiger charge is -2.15. The van der Waals surface area contributed by atoms with Gasteiger partial charge in [0.05, 0.1) is 12.0 Å². The third-order valence-electron chi connectivity index (χ3n) is 3.81. The van der Waals surface area contributed by atoms with Crippen LogP contribution in [-0.4, -0.2) is 25.0 Å². The van der Waals surface area contributed by atoms with E-state index < -0.39 is 0 Å². The third-order valence-corrected chi connectivity index (χ3v) is 3.81. The van der Waals surface area contributed by atoms with Gasteiger partial charge in [0.1, 0.15) is 0 Å². The van der Waals surface area contributed by atoms with Crippen LogP contribution in [0.5, 0.6) is 0 Å². The number of amides is 1. The predicted octanol–water partition coefficient (Wildman–Crippen LogP) is 2.01. The Kier molecular flexibility index (Phi) is 5.14. The number of nitriles is 1. The van der Waals surface area contributed by atoms with Crippen LogP contribution >= 0.6 is 0 Å². The molecule has 2 atom stereocenters. The van der Waals surface area contributed by atoms with Gasteiger partial charge in [-0.2, -0.15) is 5.26 Å². The van der Waals surface area contributed by atoms with Gasteiger partial charge in [0.25, 0.3) is 5.91 Å². The molecule has 0 saturated heterocycles. The molecule has 1 fully saturated rings. The SMILES string of the molecule is Cc1ccc(C(=O)NCCNC2CCCC2C#N)cc1. The van der Waals surface area contributed by atoms with Gasteiger partial charge in [0.2, 0.25) is 0 Å². The molecule has 0 aromatic heterocycles. The van der Waals surface area contributed by atoms with Gasteiger partial charge in [-0.15, -0.1) is 0 Å². The summed E-state index contributed by atoms with van der Waals surface area (Å²) in [5.41, 5.74) is 1.83. The third kappa shape index (κ3) is 3.82. The van der Waals surface area contributed by atoms with Gasteiger partial charge in [-0.3, -0.25) is 4.79 Å². The molecule has 1 saturated carbocycles. The van der Waals surface area contributed by atoms with Crippen molar-refractivity contribution in [3.05, 3.63) is 35.4 Å². The second kappa shape index (κ2) is 7.06. The molecule has 0 heterocycles. The van der Waals surface area contributed by atoms with Crippen molar-refractivity contribution in [2.45, 2.75) is 32.2 Å². The highest BCUT2D eigenvalue weighted by atomic mass is 16.1. The Bertz CT molecular complexity index is 489. The van der Waals surface area contributed by atoms with Crippen LogP contribution in [0.25, 0.3) is 0 Å². The summed E-state index contributed by atoms with van der Waals surface area (Å²) in [6.45, 7) is 3.29. The maximum absolute atomic E-state index is 11.9. The quantitative estimate of drug-likeness (QED) is 0.805. The summed E-state index contributed by atoms with van der Waals surface area (Å²) in [4.78, 5) is 11.9. The van der Waals surface area contributed by atoms with Gasteiger partial charge in [-0.25, -0.2) is 0 Å². The first-order chi connectivity index (χ1) is 9.70. The van der Waals surface area contributed by atoms with Crippen molar-refractivity contribution in [3.63, 3.8) is 0 Å². The summed E-state index contributed by atoms with van der Waals surface area (Å²) < 4.78 is 0. The summed E-state index contributed by atoms with van der Waals surface area (Å²) in [5.74, 6) is 0.0813. The maximum atomic E-state index is 11.9. The van der Waals surface area contributed by atoms with Crippen LogP contribution in [0.1, 0.15) is 35.2 Å². The molecule has 4 heteroatoms. The molecule has 0 radical (unpaired) electrons.